The number of phenolic OH excluding ortho intramolecular Hbond substituents is 1. The van der Waals surface area contributed by atoms with Crippen LogP contribution < -0.4 is 15.5 Å². The van der Waals surface area contributed by atoms with E-state index in [0.717, 1.165) is 115 Å². The molecule has 6 aromatic rings. The number of H-pyrrole nitrogens is 1. The number of phenols is 1. The molecule has 4 atom stereocenters. The van der Waals surface area contributed by atoms with E-state index in [9.17, 15) is 24.6 Å². The van der Waals surface area contributed by atoms with Crippen LogP contribution in [0.4, 0.5) is 5.95 Å². The minimum Gasteiger partial charge on any atom is -0.507 e. The maximum atomic E-state index is 14.3. The Morgan fingerprint density at radius 2 is 1.72 bits per heavy atom. The zero-order chi connectivity index (χ0) is 50.1. The number of para-hydroxylation sites is 1. The van der Waals surface area contributed by atoms with Crippen LogP contribution in [0.15, 0.2) is 72.4 Å². The molecule has 16 nitrogen and oxygen atoms in total. The number of aliphatic hydroxyl groups excluding tert-OH is 1. The van der Waals surface area contributed by atoms with Gasteiger partial charge in [-0.3, -0.25) is 14.4 Å². The third-order valence-corrected chi connectivity index (χ3v) is 17.5. The largest absolute Gasteiger partial charge is 0.507 e. The summed E-state index contributed by atoms with van der Waals surface area (Å²) >= 11 is 1.59. The Labute approximate surface area is 424 Å². The van der Waals surface area contributed by atoms with Crippen molar-refractivity contribution in [1.82, 2.24) is 50.6 Å². The van der Waals surface area contributed by atoms with Crippen molar-refractivity contribution in [2.75, 3.05) is 31.1 Å². The van der Waals surface area contributed by atoms with Crippen LogP contribution in [0.5, 0.6) is 5.75 Å². The molecule has 1 spiro atoms. The summed E-state index contributed by atoms with van der Waals surface area (Å²) < 4.78 is 0. The van der Waals surface area contributed by atoms with Gasteiger partial charge in [-0.25, -0.2) is 15.0 Å². The van der Waals surface area contributed by atoms with Crippen LogP contribution in [0.25, 0.3) is 32.7 Å². The van der Waals surface area contributed by atoms with Gasteiger partial charge in [0.05, 0.1) is 33.9 Å². The number of thiazole rings is 1. The van der Waals surface area contributed by atoms with Gasteiger partial charge in [-0.1, -0.05) is 57.2 Å². The van der Waals surface area contributed by atoms with Crippen molar-refractivity contribution < 1.29 is 24.6 Å². The number of fused-ring (bicyclic) bond motifs is 3. The number of likely N-dealkylation sites (tertiary alicyclic amines) is 2. The number of β-amino-alcohol motifs (C(OH)–C–C–N with tert-alkyl or cyclic N) is 1. The lowest BCUT2D eigenvalue weighted by atomic mass is 9.49. The number of rotatable bonds is 11. The Bertz CT molecular complexity index is 3000. The quantitative estimate of drug-likeness (QED) is 0.0873. The highest BCUT2D eigenvalue weighted by Gasteiger charge is 2.57. The minimum absolute atomic E-state index is 0.00447. The summed E-state index contributed by atoms with van der Waals surface area (Å²) in [6.07, 6.45) is 7.89. The van der Waals surface area contributed by atoms with Gasteiger partial charge in [-0.05, 0) is 112 Å². The summed E-state index contributed by atoms with van der Waals surface area (Å²) in [7, 11) is 0. The molecule has 17 heteroatoms. The molecule has 2 aromatic carbocycles. The number of hydrogen-bond acceptors (Lipinski definition) is 13. The molecule has 11 rings (SSSR count). The Kier molecular flexibility index (Phi) is 12.6. The fourth-order valence-electron chi connectivity index (χ4n) is 12.4. The number of aromatic hydroxyl groups is 1. The zero-order valence-corrected chi connectivity index (χ0v) is 42.6. The predicted molar refractivity (Wildman–Crippen MR) is 276 cm³/mol. The predicted octanol–water partition coefficient (Wildman–Crippen LogP) is 7.22. The molecule has 1 unspecified atom stereocenters. The molecule has 5 aliphatic rings. The zero-order valence-electron chi connectivity index (χ0n) is 41.8. The number of amides is 3. The maximum absolute atomic E-state index is 14.3. The molecule has 376 valence electrons. The number of benzene rings is 2. The Hall–Kier alpha value is -6.30. The fraction of sp³-hybridized carbons (Fsp3) is 0.491. The summed E-state index contributed by atoms with van der Waals surface area (Å²) in [5.41, 5.74) is 9.78. The van der Waals surface area contributed by atoms with E-state index in [0.29, 0.717) is 29.8 Å². The van der Waals surface area contributed by atoms with E-state index in [1.54, 1.807) is 23.5 Å². The molecule has 0 radical (unpaired) electrons. The molecule has 4 fully saturated rings. The van der Waals surface area contributed by atoms with Crippen molar-refractivity contribution in [1.29, 1.82) is 0 Å². The van der Waals surface area contributed by atoms with Gasteiger partial charge in [0.15, 0.2) is 5.65 Å². The lowest BCUT2D eigenvalue weighted by molar-refractivity contribution is -0.150. The first kappa shape index (κ1) is 48.0. The number of nitrogens with zero attached hydrogens (tertiary/aromatic N) is 8. The van der Waals surface area contributed by atoms with Crippen LogP contribution in [0.1, 0.15) is 113 Å². The lowest BCUT2D eigenvalue weighted by Crippen LogP contribution is -2.62. The smallest absolute Gasteiger partial charge is 0.246 e. The number of carbonyl (C=O) groups is 3. The van der Waals surface area contributed by atoms with Crippen molar-refractivity contribution in [3.8, 4) is 27.4 Å². The molecule has 72 heavy (non-hydrogen) atoms. The summed E-state index contributed by atoms with van der Waals surface area (Å²) in [6.45, 7) is 13.1. The number of aromatic amines is 1. The van der Waals surface area contributed by atoms with Gasteiger partial charge >= 0.3 is 0 Å². The van der Waals surface area contributed by atoms with E-state index < -0.39 is 23.6 Å². The normalized spacial score (nSPS) is 24.9. The van der Waals surface area contributed by atoms with Gasteiger partial charge in [0.25, 0.3) is 0 Å². The van der Waals surface area contributed by atoms with Gasteiger partial charge < -0.3 is 40.5 Å². The summed E-state index contributed by atoms with van der Waals surface area (Å²) in [5.74, 6) is 0.353. The second kappa shape index (κ2) is 19.0. The van der Waals surface area contributed by atoms with Crippen LogP contribution in [-0.4, -0.2) is 118 Å². The SMILES string of the molecule is Cc1ncsc1-c1ccc(CNC(=O)[C@@H]2C[C@@H](O)CN2C(=O)C(NC(=O)C2CC3(C2)CC(N2CCC(c4ccnc(N5CCc6[nH]c7nnc(-c8ccccc8O)cc7c6[C@@H]5C)n4)CC2)C3)C(C)(C)C)cc1. The average Bonchev–Trinajstić information content (AvgIpc) is 4.08. The maximum Gasteiger partial charge on any atom is 0.246 e. The number of aliphatic hydroxyl groups is 1. The highest BCUT2D eigenvalue weighted by Crippen LogP contribution is 2.60. The second-order valence-electron chi connectivity index (χ2n) is 22.3. The number of piperidine rings is 1. The number of nitrogens with one attached hydrogen (secondary N) is 3. The van der Waals surface area contributed by atoms with Crippen molar-refractivity contribution in [2.24, 2.45) is 16.7 Å². The van der Waals surface area contributed by atoms with Gasteiger partial charge in [-0.2, -0.15) is 0 Å². The molecule has 7 heterocycles. The number of carbonyl (C=O) groups excluding carboxylic acids is 3. The van der Waals surface area contributed by atoms with Crippen molar-refractivity contribution >= 4 is 46.0 Å². The molecular formula is C55H65N11O5S. The van der Waals surface area contributed by atoms with E-state index in [1.165, 1.54) is 10.5 Å². The highest BCUT2D eigenvalue weighted by molar-refractivity contribution is 7.13. The first-order valence-corrected chi connectivity index (χ1v) is 26.6. The summed E-state index contributed by atoms with van der Waals surface area (Å²) in [6, 6.07) is 18.1. The van der Waals surface area contributed by atoms with E-state index in [2.05, 4.69) is 53.6 Å². The van der Waals surface area contributed by atoms with Crippen LogP contribution in [-0.2, 0) is 27.3 Å². The molecule has 0 bridgehead atoms. The topological polar surface area (TPSA) is 206 Å². The number of hydrogen-bond donors (Lipinski definition) is 5. The van der Waals surface area contributed by atoms with Crippen LogP contribution in [0.3, 0.4) is 0 Å². The Balaban J connectivity index is 0.657. The Morgan fingerprint density at radius 1 is 0.958 bits per heavy atom. The molecule has 3 amide bonds. The van der Waals surface area contributed by atoms with E-state index >= 15 is 0 Å². The molecule has 2 saturated carbocycles. The van der Waals surface area contributed by atoms with Gasteiger partial charge in [0.2, 0.25) is 23.7 Å². The standard InChI is InChI=1S/C55H65N11O5S/c1-31-47(72-30-58-31)35-12-10-33(11-13-35)28-57-51(70)44-22-38(67)29-66(44)52(71)48(54(3,4)5)61-50(69)36-24-55(25-36)26-37(27-55)64-19-15-34(16-20-64)41-14-18-56-53(60-41)65-21-17-42-46(32(65)2)40-23-43(62-63-49(40)59-42)39-8-6-7-9-45(39)68/h6-14,18,23,30,32,34,36-38,44,48,67-68H,15-17,19-22,24-29H2,1-5H3,(H,57,70)(H,59,63)(H,61,69)/t32-,36?,37?,38+,44-,48?,55?/m0/s1. The average molecular weight is 992 g/mol. The van der Waals surface area contributed by atoms with Crippen LogP contribution in [0, 0.1) is 23.7 Å². The first-order valence-electron chi connectivity index (χ1n) is 25.7. The third-order valence-electron chi connectivity index (χ3n) is 16.5. The summed E-state index contributed by atoms with van der Waals surface area (Å²) in [4.78, 5) is 67.2. The van der Waals surface area contributed by atoms with Crippen LogP contribution >= 0.6 is 11.3 Å². The highest BCUT2D eigenvalue weighted by atomic mass is 32.1. The Morgan fingerprint density at radius 3 is 2.44 bits per heavy atom. The number of aryl methyl sites for hydroxylation is 1. The fourth-order valence-corrected chi connectivity index (χ4v) is 13.3. The van der Waals surface area contributed by atoms with Gasteiger partial charge in [-0.15, -0.1) is 21.5 Å². The third kappa shape index (κ3) is 9.12. The molecule has 3 aliphatic heterocycles. The van der Waals surface area contributed by atoms with Crippen molar-refractivity contribution in [3.05, 3.63) is 101 Å². The minimum atomic E-state index is -0.845. The lowest BCUT2D eigenvalue weighted by Gasteiger charge is -2.60. The van der Waals surface area contributed by atoms with Gasteiger partial charge in [0, 0.05) is 84.5 Å². The summed E-state index contributed by atoms with van der Waals surface area (Å²) in [5, 5.41) is 37.3. The second-order valence-corrected chi connectivity index (χ2v) is 23.1. The monoisotopic (exact) mass is 991 g/mol. The van der Waals surface area contributed by atoms with E-state index in [4.69, 9.17) is 9.97 Å². The van der Waals surface area contributed by atoms with E-state index in [-0.39, 0.29) is 53.8 Å². The molecular weight excluding hydrogens is 927 g/mol. The van der Waals surface area contributed by atoms with Crippen molar-refractivity contribution in [2.45, 2.75) is 129 Å². The first-order chi connectivity index (χ1) is 34.6. The van der Waals surface area contributed by atoms with E-state index in [1.807, 2.05) is 81.9 Å². The van der Waals surface area contributed by atoms with Crippen molar-refractivity contribution in [3.63, 3.8) is 0 Å². The molecule has 2 aliphatic carbocycles. The number of anilines is 1. The molecule has 2 saturated heterocycles. The molecule has 4 aromatic heterocycles. The number of aromatic nitrogens is 6. The van der Waals surface area contributed by atoms with Gasteiger partial charge in [0.1, 0.15) is 17.8 Å². The molecule has 5 N–H and O–H groups in total. The van der Waals surface area contributed by atoms with Crippen LogP contribution in [0.2, 0.25) is 0 Å².